The summed E-state index contributed by atoms with van der Waals surface area (Å²) in [6.45, 7) is 7.46. The van der Waals surface area contributed by atoms with Gasteiger partial charge in [0.25, 0.3) is 0 Å². The number of aryl methyl sites for hydroxylation is 1. The maximum atomic E-state index is 4.69. The monoisotopic (exact) mass is 338 g/mol. The molecule has 26 heavy (non-hydrogen) atoms. The fourth-order valence-electron chi connectivity index (χ4n) is 3.26. The Morgan fingerprint density at radius 2 is 1.58 bits per heavy atom. The molecule has 0 amide bonds. The van der Waals surface area contributed by atoms with Crippen LogP contribution in [0.3, 0.4) is 0 Å². The normalized spacial score (nSPS) is 15.4. The Bertz CT molecular complexity index is 1060. The number of benzene rings is 2. The standard InChI is InChI=1S/C24H22N2/c1-17-4-10-20-13-9-19(14-22(20)26-17)6-5-18-7-11-21(12-8-18)23-15-24(2,3)16-25-23/h4,7-14H,15-16H2,1-3H3. The van der Waals surface area contributed by atoms with Crippen LogP contribution in [-0.2, 0) is 0 Å². The van der Waals surface area contributed by atoms with Crippen LogP contribution < -0.4 is 0 Å². The third kappa shape index (κ3) is 3.53. The molecule has 0 atom stereocenters. The molecule has 0 aliphatic carbocycles. The van der Waals surface area contributed by atoms with Crippen LogP contribution in [0.2, 0.25) is 0 Å². The zero-order chi connectivity index (χ0) is 18.1. The van der Waals surface area contributed by atoms with Gasteiger partial charge in [-0.15, -0.1) is 0 Å². The highest BCUT2D eigenvalue weighted by molar-refractivity contribution is 6.02. The van der Waals surface area contributed by atoms with E-state index in [1.807, 2.05) is 13.0 Å². The second kappa shape index (κ2) is 6.42. The van der Waals surface area contributed by atoms with Crippen molar-refractivity contribution in [3.8, 4) is 11.8 Å². The summed E-state index contributed by atoms with van der Waals surface area (Å²) in [5.41, 5.74) is 6.74. The molecule has 0 radical (unpaired) electrons. The van der Waals surface area contributed by atoms with Crippen LogP contribution in [0.1, 0.15) is 42.7 Å². The Balaban J connectivity index is 1.55. The van der Waals surface area contributed by atoms with E-state index in [4.69, 9.17) is 4.99 Å². The van der Waals surface area contributed by atoms with Crippen LogP contribution in [0.25, 0.3) is 10.9 Å². The molecular weight excluding hydrogens is 316 g/mol. The highest BCUT2D eigenvalue weighted by Crippen LogP contribution is 2.29. The Kier molecular flexibility index (Phi) is 4.09. The predicted octanol–water partition coefficient (Wildman–Crippen LogP) is 5.16. The van der Waals surface area contributed by atoms with Crippen molar-refractivity contribution in [2.45, 2.75) is 27.2 Å². The second-order valence-corrected chi connectivity index (χ2v) is 7.79. The first-order valence-electron chi connectivity index (χ1n) is 9.02. The average molecular weight is 338 g/mol. The van der Waals surface area contributed by atoms with Crippen molar-refractivity contribution in [3.63, 3.8) is 0 Å². The highest BCUT2D eigenvalue weighted by Gasteiger charge is 2.26. The minimum absolute atomic E-state index is 0.288. The van der Waals surface area contributed by atoms with E-state index in [-0.39, 0.29) is 5.41 Å². The fourth-order valence-corrected chi connectivity index (χ4v) is 3.26. The summed E-state index contributed by atoms with van der Waals surface area (Å²) >= 11 is 0. The van der Waals surface area contributed by atoms with Gasteiger partial charge < -0.3 is 0 Å². The van der Waals surface area contributed by atoms with Gasteiger partial charge in [0, 0.05) is 34.5 Å². The van der Waals surface area contributed by atoms with Gasteiger partial charge >= 0.3 is 0 Å². The lowest BCUT2D eigenvalue weighted by Crippen LogP contribution is -2.12. The topological polar surface area (TPSA) is 25.2 Å². The molecule has 2 heterocycles. The molecule has 0 saturated heterocycles. The van der Waals surface area contributed by atoms with Gasteiger partial charge in [-0.05, 0) is 54.7 Å². The molecule has 1 aliphatic heterocycles. The minimum Gasteiger partial charge on any atom is -0.289 e. The first kappa shape index (κ1) is 16.5. The summed E-state index contributed by atoms with van der Waals surface area (Å²) in [5.74, 6) is 6.51. The Labute approximate surface area is 155 Å². The summed E-state index contributed by atoms with van der Waals surface area (Å²) in [6, 6.07) is 18.7. The Morgan fingerprint density at radius 3 is 2.31 bits per heavy atom. The molecule has 0 bridgehead atoms. The smallest absolute Gasteiger partial charge is 0.0717 e. The van der Waals surface area contributed by atoms with E-state index in [0.717, 1.165) is 40.7 Å². The summed E-state index contributed by atoms with van der Waals surface area (Å²) in [7, 11) is 0. The summed E-state index contributed by atoms with van der Waals surface area (Å²) in [6.07, 6.45) is 1.04. The van der Waals surface area contributed by atoms with Crippen LogP contribution in [0.15, 0.2) is 59.6 Å². The maximum absolute atomic E-state index is 4.69. The fraction of sp³-hybridized carbons (Fsp3) is 0.250. The van der Waals surface area contributed by atoms with Crippen molar-refractivity contribution in [1.29, 1.82) is 0 Å². The SMILES string of the molecule is Cc1ccc2ccc(C#Cc3ccc(C4=NCC(C)(C)C4)cc3)cc2n1. The van der Waals surface area contributed by atoms with E-state index in [2.05, 4.69) is 79.2 Å². The predicted molar refractivity (Wildman–Crippen MR) is 109 cm³/mol. The Morgan fingerprint density at radius 1 is 0.885 bits per heavy atom. The first-order chi connectivity index (χ1) is 12.5. The molecule has 0 unspecified atom stereocenters. The molecule has 1 aliphatic rings. The molecular formula is C24H22N2. The van der Waals surface area contributed by atoms with Crippen LogP contribution >= 0.6 is 0 Å². The van der Waals surface area contributed by atoms with Crippen LogP contribution in [0.5, 0.6) is 0 Å². The highest BCUT2D eigenvalue weighted by atomic mass is 14.8. The molecule has 2 heteroatoms. The van der Waals surface area contributed by atoms with Gasteiger partial charge in [0.05, 0.1) is 5.52 Å². The van der Waals surface area contributed by atoms with E-state index in [0.29, 0.717) is 0 Å². The van der Waals surface area contributed by atoms with Crippen molar-refractivity contribution >= 4 is 16.6 Å². The van der Waals surface area contributed by atoms with Crippen LogP contribution in [0.4, 0.5) is 0 Å². The zero-order valence-corrected chi connectivity index (χ0v) is 15.5. The third-order valence-corrected chi connectivity index (χ3v) is 4.74. The number of pyridine rings is 1. The van der Waals surface area contributed by atoms with Crippen LogP contribution in [-0.4, -0.2) is 17.2 Å². The van der Waals surface area contributed by atoms with Gasteiger partial charge in [-0.2, -0.15) is 0 Å². The van der Waals surface area contributed by atoms with Crippen molar-refractivity contribution in [2.24, 2.45) is 10.4 Å². The molecule has 3 aromatic rings. The summed E-state index contributed by atoms with van der Waals surface area (Å²) in [4.78, 5) is 9.27. The van der Waals surface area contributed by atoms with Crippen molar-refractivity contribution in [2.75, 3.05) is 6.54 Å². The summed E-state index contributed by atoms with van der Waals surface area (Å²) < 4.78 is 0. The maximum Gasteiger partial charge on any atom is 0.0717 e. The van der Waals surface area contributed by atoms with Gasteiger partial charge in [0.2, 0.25) is 0 Å². The molecule has 0 saturated carbocycles. The van der Waals surface area contributed by atoms with Crippen LogP contribution in [0, 0.1) is 24.2 Å². The zero-order valence-electron chi connectivity index (χ0n) is 15.5. The number of fused-ring (bicyclic) bond motifs is 1. The number of nitrogens with zero attached hydrogens (tertiary/aromatic N) is 2. The van der Waals surface area contributed by atoms with Gasteiger partial charge in [-0.3, -0.25) is 9.98 Å². The second-order valence-electron chi connectivity index (χ2n) is 7.79. The largest absolute Gasteiger partial charge is 0.289 e. The van der Waals surface area contributed by atoms with E-state index in [1.165, 1.54) is 11.3 Å². The lowest BCUT2D eigenvalue weighted by atomic mass is 9.88. The van der Waals surface area contributed by atoms with Gasteiger partial charge in [-0.1, -0.05) is 50.0 Å². The first-order valence-corrected chi connectivity index (χ1v) is 9.02. The third-order valence-electron chi connectivity index (χ3n) is 4.74. The number of rotatable bonds is 1. The molecule has 0 N–H and O–H groups in total. The molecule has 128 valence electrons. The number of aromatic nitrogens is 1. The van der Waals surface area contributed by atoms with Crippen molar-refractivity contribution in [3.05, 3.63) is 77.0 Å². The van der Waals surface area contributed by atoms with E-state index < -0.39 is 0 Å². The van der Waals surface area contributed by atoms with Gasteiger partial charge in [-0.25, -0.2) is 0 Å². The van der Waals surface area contributed by atoms with Gasteiger partial charge in [0.15, 0.2) is 0 Å². The molecule has 0 fully saturated rings. The molecule has 2 nitrogen and oxygen atoms in total. The lowest BCUT2D eigenvalue weighted by molar-refractivity contribution is 0.423. The average Bonchev–Trinajstić information content (AvgIpc) is 3.00. The van der Waals surface area contributed by atoms with Crippen molar-refractivity contribution < 1.29 is 0 Å². The number of aliphatic imine (C=N–C) groups is 1. The molecule has 4 rings (SSSR count). The molecule has 2 aromatic carbocycles. The van der Waals surface area contributed by atoms with E-state index in [1.54, 1.807) is 0 Å². The molecule has 1 aromatic heterocycles. The minimum atomic E-state index is 0.288. The summed E-state index contributed by atoms with van der Waals surface area (Å²) in [5, 5.41) is 1.14. The van der Waals surface area contributed by atoms with E-state index in [9.17, 15) is 0 Å². The Hall–Kier alpha value is -2.92. The quantitative estimate of drug-likeness (QED) is 0.563. The van der Waals surface area contributed by atoms with Gasteiger partial charge in [0.1, 0.15) is 0 Å². The van der Waals surface area contributed by atoms with Crippen molar-refractivity contribution in [1.82, 2.24) is 4.98 Å². The van der Waals surface area contributed by atoms with E-state index >= 15 is 0 Å². The lowest BCUT2D eigenvalue weighted by Gasteiger charge is -2.14. The number of hydrogen-bond donors (Lipinski definition) is 0. The number of hydrogen-bond acceptors (Lipinski definition) is 2. The molecule has 0 spiro atoms.